The van der Waals surface area contributed by atoms with Crippen molar-refractivity contribution >= 4 is 30.7 Å². The molecule has 0 bridgehead atoms. The molecule has 1 aliphatic rings. The Labute approximate surface area is 144 Å². The van der Waals surface area contributed by atoms with E-state index >= 15 is 0 Å². The first-order chi connectivity index (χ1) is 9.47. The first-order valence-electron chi connectivity index (χ1n) is 7.16. The fourth-order valence-corrected chi connectivity index (χ4v) is 2.35. The van der Waals surface area contributed by atoms with E-state index in [1.54, 1.807) is 0 Å². The number of hydrogen-bond acceptors (Lipinski definition) is 5. The van der Waals surface area contributed by atoms with E-state index in [-0.39, 0.29) is 42.7 Å². The van der Waals surface area contributed by atoms with Crippen molar-refractivity contribution < 1.29 is 9.32 Å². The average Bonchev–Trinajstić information content (AvgIpc) is 2.83. The lowest BCUT2D eigenvalue weighted by molar-refractivity contribution is -0.137. The molecular weight excluding hydrogens is 327 g/mol. The van der Waals surface area contributed by atoms with Crippen LogP contribution in [0, 0.1) is 12.8 Å². The van der Waals surface area contributed by atoms with E-state index in [0.29, 0.717) is 0 Å². The molecule has 2 N–H and O–H groups in total. The monoisotopic (exact) mass is 352 g/mol. The smallest absolute Gasteiger partial charge is 0.227 e. The van der Waals surface area contributed by atoms with Gasteiger partial charge >= 0.3 is 0 Å². The Morgan fingerprint density at radius 2 is 1.91 bits per heavy atom. The molecule has 1 aromatic heterocycles. The molecule has 22 heavy (non-hydrogen) atoms. The Bertz CT molecular complexity index is 459. The van der Waals surface area contributed by atoms with Crippen molar-refractivity contribution in [1.29, 1.82) is 0 Å². The van der Waals surface area contributed by atoms with Crippen molar-refractivity contribution in [3.8, 4) is 0 Å². The molecule has 6 nitrogen and oxygen atoms in total. The van der Waals surface area contributed by atoms with Crippen molar-refractivity contribution in [3.05, 3.63) is 17.5 Å². The summed E-state index contributed by atoms with van der Waals surface area (Å²) in [7, 11) is 0. The molecule has 2 heterocycles. The van der Waals surface area contributed by atoms with Gasteiger partial charge in [-0.05, 0) is 13.8 Å². The van der Waals surface area contributed by atoms with Gasteiger partial charge in [0, 0.05) is 38.3 Å². The first-order valence-corrected chi connectivity index (χ1v) is 7.16. The maximum atomic E-state index is 12.2. The van der Waals surface area contributed by atoms with Crippen LogP contribution in [0.4, 0.5) is 0 Å². The number of aryl methyl sites for hydroxylation is 1. The maximum Gasteiger partial charge on any atom is 0.227 e. The predicted molar refractivity (Wildman–Crippen MR) is 90.4 cm³/mol. The van der Waals surface area contributed by atoms with Gasteiger partial charge in [0.25, 0.3) is 0 Å². The molecule has 1 saturated heterocycles. The van der Waals surface area contributed by atoms with Crippen LogP contribution in [0.1, 0.15) is 25.3 Å². The van der Waals surface area contributed by atoms with Crippen molar-refractivity contribution in [1.82, 2.24) is 15.0 Å². The summed E-state index contributed by atoms with van der Waals surface area (Å²) in [5.41, 5.74) is 6.70. The van der Waals surface area contributed by atoms with Crippen LogP contribution in [-0.2, 0) is 11.3 Å². The second kappa shape index (κ2) is 9.35. The van der Waals surface area contributed by atoms with Gasteiger partial charge in [0.15, 0.2) is 5.76 Å². The number of rotatable bonds is 4. The van der Waals surface area contributed by atoms with Gasteiger partial charge in [-0.2, -0.15) is 0 Å². The van der Waals surface area contributed by atoms with E-state index in [1.807, 2.05) is 31.7 Å². The summed E-state index contributed by atoms with van der Waals surface area (Å²) in [6.45, 7) is 9.67. The Hall–Kier alpha value is -0.820. The first kappa shape index (κ1) is 21.2. The average molecular weight is 353 g/mol. The zero-order chi connectivity index (χ0) is 14.7. The van der Waals surface area contributed by atoms with Gasteiger partial charge < -0.3 is 15.2 Å². The molecule has 128 valence electrons. The Morgan fingerprint density at radius 3 is 2.36 bits per heavy atom. The Kier molecular flexibility index (Phi) is 9.00. The standard InChI is InChI=1S/C14H24N4O2.2ClH/c1-10-8-13(20-16-10)9-17-4-6-18(7-5-17)14(19)11(2)12(3)15;;/h8,11-12H,4-7,9,15H2,1-3H3;2*1H. The van der Waals surface area contributed by atoms with E-state index in [9.17, 15) is 4.79 Å². The van der Waals surface area contributed by atoms with Crippen LogP contribution in [-0.4, -0.2) is 53.1 Å². The third-order valence-electron chi connectivity index (χ3n) is 3.92. The summed E-state index contributed by atoms with van der Waals surface area (Å²) in [4.78, 5) is 16.4. The van der Waals surface area contributed by atoms with Crippen LogP contribution in [0.5, 0.6) is 0 Å². The van der Waals surface area contributed by atoms with Crippen LogP contribution >= 0.6 is 24.8 Å². The van der Waals surface area contributed by atoms with E-state index < -0.39 is 0 Å². The number of nitrogens with zero attached hydrogens (tertiary/aromatic N) is 3. The number of aromatic nitrogens is 1. The van der Waals surface area contributed by atoms with E-state index in [4.69, 9.17) is 10.3 Å². The van der Waals surface area contributed by atoms with Crippen LogP contribution in [0.2, 0.25) is 0 Å². The number of piperazine rings is 1. The number of amides is 1. The van der Waals surface area contributed by atoms with Gasteiger partial charge in [0.2, 0.25) is 5.91 Å². The molecule has 0 aliphatic carbocycles. The summed E-state index contributed by atoms with van der Waals surface area (Å²) < 4.78 is 5.22. The molecule has 1 aromatic rings. The number of halogens is 2. The van der Waals surface area contributed by atoms with Gasteiger partial charge in [0.1, 0.15) is 0 Å². The fourth-order valence-electron chi connectivity index (χ4n) is 2.35. The minimum atomic E-state index is -0.113. The molecule has 0 saturated carbocycles. The van der Waals surface area contributed by atoms with Crippen LogP contribution in [0.15, 0.2) is 10.6 Å². The number of carbonyl (C=O) groups excluding carboxylic acids is 1. The SMILES string of the molecule is Cc1cc(CN2CCN(C(=O)C(C)C(C)N)CC2)on1.Cl.Cl. The molecule has 1 fully saturated rings. The summed E-state index contributed by atoms with van der Waals surface area (Å²) in [5.74, 6) is 0.930. The Balaban J connectivity index is 0.00000220. The lowest BCUT2D eigenvalue weighted by atomic mass is 10.0. The molecule has 1 aliphatic heterocycles. The van der Waals surface area contributed by atoms with Gasteiger partial charge in [-0.25, -0.2) is 0 Å². The van der Waals surface area contributed by atoms with Crippen LogP contribution in [0.3, 0.4) is 0 Å². The molecule has 0 radical (unpaired) electrons. The van der Waals surface area contributed by atoms with Gasteiger partial charge in [-0.1, -0.05) is 12.1 Å². The van der Waals surface area contributed by atoms with Gasteiger partial charge in [-0.15, -0.1) is 24.8 Å². The molecule has 2 atom stereocenters. The predicted octanol–water partition coefficient (Wildman–Crippen LogP) is 1.45. The third kappa shape index (κ3) is 5.43. The molecule has 8 heteroatoms. The zero-order valence-electron chi connectivity index (χ0n) is 13.3. The summed E-state index contributed by atoms with van der Waals surface area (Å²) in [6, 6.07) is 1.85. The molecule has 0 spiro atoms. The van der Waals surface area contributed by atoms with Gasteiger partial charge in [0.05, 0.1) is 18.2 Å². The van der Waals surface area contributed by atoms with E-state index in [1.165, 1.54) is 0 Å². The quantitative estimate of drug-likeness (QED) is 0.887. The molecule has 0 aromatic carbocycles. The lowest BCUT2D eigenvalue weighted by Crippen LogP contribution is -2.51. The molecule has 2 unspecified atom stereocenters. The molecule has 1 amide bonds. The van der Waals surface area contributed by atoms with Gasteiger partial charge in [-0.3, -0.25) is 9.69 Å². The van der Waals surface area contributed by atoms with E-state index in [0.717, 1.165) is 44.2 Å². The van der Waals surface area contributed by atoms with Crippen molar-refractivity contribution in [2.45, 2.75) is 33.4 Å². The second-order valence-electron chi connectivity index (χ2n) is 5.68. The highest BCUT2D eigenvalue weighted by molar-refractivity contribution is 5.85. The van der Waals surface area contributed by atoms with Crippen molar-refractivity contribution in [3.63, 3.8) is 0 Å². The normalized spacial score (nSPS) is 18.1. The Morgan fingerprint density at radius 1 is 1.32 bits per heavy atom. The lowest BCUT2D eigenvalue weighted by Gasteiger charge is -2.36. The topological polar surface area (TPSA) is 75.6 Å². The number of hydrogen-bond donors (Lipinski definition) is 1. The highest BCUT2D eigenvalue weighted by atomic mass is 35.5. The summed E-state index contributed by atoms with van der Waals surface area (Å²) in [6.07, 6.45) is 0. The minimum absolute atomic E-state index is 0. The zero-order valence-corrected chi connectivity index (χ0v) is 15.0. The third-order valence-corrected chi connectivity index (χ3v) is 3.92. The summed E-state index contributed by atoms with van der Waals surface area (Å²) >= 11 is 0. The maximum absolute atomic E-state index is 12.2. The number of carbonyl (C=O) groups is 1. The van der Waals surface area contributed by atoms with Crippen molar-refractivity contribution in [2.24, 2.45) is 11.7 Å². The van der Waals surface area contributed by atoms with E-state index in [2.05, 4.69) is 10.1 Å². The minimum Gasteiger partial charge on any atom is -0.360 e. The van der Waals surface area contributed by atoms with Crippen LogP contribution in [0.25, 0.3) is 0 Å². The highest BCUT2D eigenvalue weighted by Gasteiger charge is 2.26. The highest BCUT2D eigenvalue weighted by Crippen LogP contribution is 2.12. The molecule has 2 rings (SSSR count). The fraction of sp³-hybridized carbons (Fsp3) is 0.714. The summed E-state index contributed by atoms with van der Waals surface area (Å²) in [5, 5.41) is 3.89. The largest absolute Gasteiger partial charge is 0.360 e. The second-order valence-corrected chi connectivity index (χ2v) is 5.68. The van der Waals surface area contributed by atoms with Crippen molar-refractivity contribution in [2.75, 3.05) is 26.2 Å². The van der Waals surface area contributed by atoms with Crippen LogP contribution < -0.4 is 5.73 Å². The number of nitrogens with two attached hydrogens (primary N) is 1. The molecular formula is C14H26Cl2N4O2.